The van der Waals surface area contributed by atoms with E-state index in [4.69, 9.17) is 9.84 Å². The van der Waals surface area contributed by atoms with E-state index in [1.54, 1.807) is 6.07 Å². The highest BCUT2D eigenvalue weighted by Crippen LogP contribution is 2.41. The highest BCUT2D eigenvalue weighted by atomic mass is 19.1. The lowest BCUT2D eigenvalue weighted by Gasteiger charge is -2.14. The first-order valence-corrected chi connectivity index (χ1v) is 9.64. The molecule has 0 atom stereocenters. The number of nitrogens with zero attached hydrogens (tertiary/aromatic N) is 1. The maximum atomic E-state index is 13.7. The molecule has 1 aromatic heterocycles. The number of Topliss-reactive ketones (excluding diaryl/α,β-unsaturated/α-hetero) is 1. The van der Waals surface area contributed by atoms with Gasteiger partial charge in [0.05, 0.1) is 10.9 Å². The van der Waals surface area contributed by atoms with Crippen LogP contribution in [0.3, 0.4) is 0 Å². The van der Waals surface area contributed by atoms with E-state index in [0.29, 0.717) is 23.2 Å². The molecule has 2 aromatic carbocycles. The van der Waals surface area contributed by atoms with Gasteiger partial charge in [0.2, 0.25) is 0 Å². The molecule has 0 saturated heterocycles. The number of carbonyl (C=O) groups excluding carboxylic acids is 1. The van der Waals surface area contributed by atoms with Crippen molar-refractivity contribution >= 4 is 22.7 Å². The highest BCUT2D eigenvalue weighted by Gasteiger charge is 2.27. The summed E-state index contributed by atoms with van der Waals surface area (Å²) in [4.78, 5) is 23.6. The number of carbonyl (C=O) groups is 2. The van der Waals surface area contributed by atoms with Crippen molar-refractivity contribution in [2.75, 3.05) is 6.61 Å². The van der Waals surface area contributed by atoms with Crippen molar-refractivity contribution in [3.63, 3.8) is 0 Å². The van der Waals surface area contributed by atoms with Crippen molar-refractivity contribution in [3.8, 4) is 5.75 Å². The number of aromatic nitrogens is 1. The standard InChI is InChI=1S/C23H22FNO4/c1-13-21(14(2)26)22-19(29-12-20(27)28)10-16-6-4-8-18(16)23(22)25(13)11-15-5-3-7-17(24)9-15/h3,5,7,9-10H,4,6,8,11-12H2,1-2H3,(H,27,28). The third kappa shape index (κ3) is 3.39. The molecule has 1 aliphatic rings. The van der Waals surface area contributed by atoms with Gasteiger partial charge in [0.15, 0.2) is 12.4 Å². The molecule has 4 rings (SSSR count). The van der Waals surface area contributed by atoms with Gasteiger partial charge in [0, 0.05) is 17.8 Å². The number of halogens is 1. The van der Waals surface area contributed by atoms with E-state index in [2.05, 4.69) is 0 Å². The monoisotopic (exact) mass is 395 g/mol. The molecule has 150 valence electrons. The minimum absolute atomic E-state index is 0.108. The van der Waals surface area contributed by atoms with E-state index in [0.717, 1.165) is 47.2 Å². The second kappa shape index (κ2) is 7.35. The molecule has 3 aromatic rings. The predicted molar refractivity (Wildman–Crippen MR) is 107 cm³/mol. The molecular formula is C23H22FNO4. The Morgan fingerprint density at radius 3 is 2.72 bits per heavy atom. The number of carboxylic acids is 1. The quantitative estimate of drug-likeness (QED) is 0.632. The molecule has 0 bridgehead atoms. The molecule has 0 unspecified atom stereocenters. The van der Waals surface area contributed by atoms with Gasteiger partial charge in [-0.3, -0.25) is 4.79 Å². The number of aryl methyl sites for hydroxylation is 2. The lowest BCUT2D eigenvalue weighted by molar-refractivity contribution is -0.139. The van der Waals surface area contributed by atoms with Gasteiger partial charge in [-0.2, -0.15) is 0 Å². The van der Waals surface area contributed by atoms with Gasteiger partial charge in [-0.05, 0) is 68.0 Å². The minimum atomic E-state index is -1.07. The fourth-order valence-corrected chi connectivity index (χ4v) is 4.42. The average molecular weight is 395 g/mol. The van der Waals surface area contributed by atoms with Crippen molar-refractivity contribution in [1.29, 1.82) is 0 Å². The van der Waals surface area contributed by atoms with Gasteiger partial charge in [0.1, 0.15) is 11.6 Å². The number of fused-ring (bicyclic) bond motifs is 3. The molecular weight excluding hydrogens is 373 g/mol. The smallest absolute Gasteiger partial charge is 0.341 e. The van der Waals surface area contributed by atoms with Gasteiger partial charge in [0.25, 0.3) is 0 Å². The molecule has 0 aliphatic heterocycles. The van der Waals surface area contributed by atoms with Crippen molar-refractivity contribution < 1.29 is 23.8 Å². The fourth-order valence-electron chi connectivity index (χ4n) is 4.42. The van der Waals surface area contributed by atoms with Gasteiger partial charge in [-0.1, -0.05) is 12.1 Å². The summed E-state index contributed by atoms with van der Waals surface area (Å²) >= 11 is 0. The maximum absolute atomic E-state index is 13.7. The van der Waals surface area contributed by atoms with Crippen LogP contribution in [0.5, 0.6) is 5.75 Å². The Hall–Kier alpha value is -3.15. The van der Waals surface area contributed by atoms with Crippen LogP contribution in [0.1, 0.15) is 46.1 Å². The number of hydrogen-bond acceptors (Lipinski definition) is 3. The summed E-state index contributed by atoms with van der Waals surface area (Å²) in [7, 11) is 0. The Kier molecular flexibility index (Phi) is 4.86. The maximum Gasteiger partial charge on any atom is 0.341 e. The van der Waals surface area contributed by atoms with Crippen molar-refractivity contribution in [2.45, 2.75) is 39.7 Å². The molecule has 1 heterocycles. The van der Waals surface area contributed by atoms with Gasteiger partial charge < -0.3 is 14.4 Å². The highest BCUT2D eigenvalue weighted by molar-refractivity contribution is 6.11. The Bertz CT molecular complexity index is 1150. The number of hydrogen-bond donors (Lipinski definition) is 1. The van der Waals surface area contributed by atoms with Crippen LogP contribution in [0.25, 0.3) is 10.9 Å². The zero-order valence-electron chi connectivity index (χ0n) is 16.4. The van der Waals surface area contributed by atoms with Gasteiger partial charge in [-0.25, -0.2) is 9.18 Å². The second-order valence-corrected chi connectivity index (χ2v) is 7.50. The summed E-state index contributed by atoms with van der Waals surface area (Å²) in [6, 6.07) is 8.30. The Labute approximate surface area is 167 Å². The molecule has 29 heavy (non-hydrogen) atoms. The number of aliphatic carboxylic acids is 1. The molecule has 0 radical (unpaired) electrons. The zero-order chi connectivity index (χ0) is 20.7. The second-order valence-electron chi connectivity index (χ2n) is 7.50. The van der Waals surface area contributed by atoms with E-state index < -0.39 is 12.6 Å². The minimum Gasteiger partial charge on any atom is -0.481 e. The number of ether oxygens (including phenoxy) is 1. The zero-order valence-corrected chi connectivity index (χ0v) is 16.4. The summed E-state index contributed by atoms with van der Waals surface area (Å²) in [6.45, 7) is 3.32. The molecule has 1 aliphatic carbocycles. The van der Waals surface area contributed by atoms with E-state index in [-0.39, 0.29) is 11.6 Å². The first kappa shape index (κ1) is 19.2. The summed E-state index contributed by atoms with van der Waals surface area (Å²) in [5.41, 5.74) is 5.28. The Morgan fingerprint density at radius 2 is 2.03 bits per heavy atom. The van der Waals surface area contributed by atoms with Crippen LogP contribution in [-0.2, 0) is 24.2 Å². The predicted octanol–water partition coefficient (Wildman–Crippen LogP) is 4.29. The molecule has 0 fully saturated rings. The molecule has 0 spiro atoms. The summed E-state index contributed by atoms with van der Waals surface area (Å²) in [5, 5.41) is 9.73. The van der Waals surface area contributed by atoms with Crippen LogP contribution in [-0.4, -0.2) is 28.0 Å². The van der Waals surface area contributed by atoms with Crippen molar-refractivity contribution in [3.05, 3.63) is 64.1 Å². The molecule has 0 saturated carbocycles. The van der Waals surface area contributed by atoms with Crippen LogP contribution in [0, 0.1) is 12.7 Å². The molecule has 0 amide bonds. The van der Waals surface area contributed by atoms with Crippen LogP contribution in [0.15, 0.2) is 30.3 Å². The van der Waals surface area contributed by atoms with E-state index in [1.165, 1.54) is 19.1 Å². The normalized spacial score (nSPS) is 12.9. The first-order chi connectivity index (χ1) is 13.9. The molecule has 6 heteroatoms. The van der Waals surface area contributed by atoms with Gasteiger partial charge >= 0.3 is 5.97 Å². The molecule has 5 nitrogen and oxygen atoms in total. The first-order valence-electron chi connectivity index (χ1n) is 9.64. The van der Waals surface area contributed by atoms with Crippen LogP contribution >= 0.6 is 0 Å². The lowest BCUT2D eigenvalue weighted by Crippen LogP contribution is -2.10. The third-order valence-corrected chi connectivity index (χ3v) is 5.55. The number of ketones is 1. The topological polar surface area (TPSA) is 68.5 Å². The molecule has 1 N–H and O–H groups in total. The Balaban J connectivity index is 1.99. The van der Waals surface area contributed by atoms with Crippen molar-refractivity contribution in [1.82, 2.24) is 4.57 Å². The van der Waals surface area contributed by atoms with Crippen LogP contribution in [0.4, 0.5) is 4.39 Å². The van der Waals surface area contributed by atoms with Gasteiger partial charge in [-0.15, -0.1) is 0 Å². The summed E-state index contributed by atoms with van der Waals surface area (Å²) < 4.78 is 21.4. The average Bonchev–Trinajstić information content (AvgIpc) is 3.22. The van der Waals surface area contributed by atoms with E-state index in [1.807, 2.05) is 23.6 Å². The third-order valence-electron chi connectivity index (χ3n) is 5.55. The summed E-state index contributed by atoms with van der Waals surface area (Å²) in [6.07, 6.45) is 2.76. The number of benzene rings is 2. The summed E-state index contributed by atoms with van der Waals surface area (Å²) in [5.74, 6) is -1.06. The SMILES string of the molecule is CC(=O)c1c(C)n(Cc2cccc(F)c2)c2c3c(cc(OCC(=O)O)c12)CCC3. The van der Waals surface area contributed by atoms with Crippen LogP contribution < -0.4 is 4.74 Å². The largest absolute Gasteiger partial charge is 0.481 e. The number of rotatable bonds is 6. The Morgan fingerprint density at radius 1 is 1.24 bits per heavy atom. The van der Waals surface area contributed by atoms with Crippen molar-refractivity contribution in [2.24, 2.45) is 0 Å². The van der Waals surface area contributed by atoms with E-state index in [9.17, 15) is 14.0 Å². The fraction of sp³-hybridized carbons (Fsp3) is 0.304. The van der Waals surface area contributed by atoms with Crippen LogP contribution in [0.2, 0.25) is 0 Å². The van der Waals surface area contributed by atoms with E-state index >= 15 is 0 Å². The lowest BCUT2D eigenvalue weighted by atomic mass is 10.0. The number of carboxylic acid groups (broad SMARTS) is 1.